The minimum absolute atomic E-state index is 0.0583. The molecule has 0 aromatic heterocycles. The van der Waals surface area contributed by atoms with Gasteiger partial charge in [0.15, 0.2) is 0 Å². The molecule has 10 nitrogen and oxygen atoms in total. The maximum atomic E-state index is 13.4. The van der Waals surface area contributed by atoms with Gasteiger partial charge in [0.1, 0.15) is 6.04 Å². The summed E-state index contributed by atoms with van der Waals surface area (Å²) in [7, 11) is 0. The van der Waals surface area contributed by atoms with Crippen molar-refractivity contribution in [1.29, 1.82) is 0 Å². The van der Waals surface area contributed by atoms with E-state index >= 15 is 0 Å². The van der Waals surface area contributed by atoms with Crippen molar-refractivity contribution >= 4 is 28.9 Å². The van der Waals surface area contributed by atoms with E-state index in [1.54, 1.807) is 17.0 Å². The van der Waals surface area contributed by atoms with Crippen molar-refractivity contribution in [2.24, 2.45) is 5.92 Å². The Kier molecular flexibility index (Phi) is 8.39. The number of hydrogen-bond donors (Lipinski definition) is 1. The quantitative estimate of drug-likeness (QED) is 0.435. The van der Waals surface area contributed by atoms with Crippen LogP contribution in [0.1, 0.15) is 44.0 Å². The number of anilines is 1. The summed E-state index contributed by atoms with van der Waals surface area (Å²) < 4.78 is 0. The molecule has 2 rings (SSSR count). The van der Waals surface area contributed by atoms with E-state index in [0.717, 1.165) is 18.2 Å². The average molecular weight is 442 g/mol. The monoisotopic (exact) mass is 442 g/mol. The molecule has 2 amide bonds. The van der Waals surface area contributed by atoms with E-state index in [1.165, 1.54) is 0 Å². The van der Waals surface area contributed by atoms with Crippen molar-refractivity contribution in [1.82, 2.24) is 5.32 Å². The van der Waals surface area contributed by atoms with Crippen LogP contribution in [0.15, 0.2) is 48.5 Å². The third-order valence-corrected chi connectivity index (χ3v) is 4.68. The fourth-order valence-electron chi connectivity index (χ4n) is 3.26. The van der Waals surface area contributed by atoms with Crippen LogP contribution in [-0.4, -0.2) is 34.2 Å². The van der Waals surface area contributed by atoms with Gasteiger partial charge in [-0.15, -0.1) is 0 Å². The molecule has 1 N–H and O–H groups in total. The maximum absolute atomic E-state index is 13.4. The van der Waals surface area contributed by atoms with Crippen molar-refractivity contribution in [2.75, 3.05) is 11.4 Å². The van der Waals surface area contributed by atoms with Gasteiger partial charge in [0.05, 0.1) is 21.5 Å². The number of amides is 2. The van der Waals surface area contributed by atoms with Crippen molar-refractivity contribution in [3.63, 3.8) is 0 Å². The number of benzene rings is 2. The second-order valence-electron chi connectivity index (χ2n) is 7.73. The summed E-state index contributed by atoms with van der Waals surface area (Å²) in [4.78, 5) is 48.5. The molecule has 0 spiro atoms. The van der Waals surface area contributed by atoms with Crippen molar-refractivity contribution in [2.45, 2.75) is 39.7 Å². The first-order valence-electron chi connectivity index (χ1n) is 10.2. The molecule has 0 unspecified atom stereocenters. The SMILES string of the molecule is CCCN(C(=O)[C@H](CC(C)C)NC(=O)c1cc([N+](=O)[O-])cc([N+](=O)[O-])c1)c1ccccc1. The maximum Gasteiger partial charge on any atom is 0.277 e. The molecule has 2 aromatic carbocycles. The summed E-state index contributed by atoms with van der Waals surface area (Å²) in [6.07, 6.45) is 1.02. The number of nitrogens with zero attached hydrogens (tertiary/aromatic N) is 3. The lowest BCUT2D eigenvalue weighted by atomic mass is 10.0. The normalized spacial score (nSPS) is 11.6. The van der Waals surface area contributed by atoms with Gasteiger partial charge in [-0.25, -0.2) is 0 Å². The number of hydrogen-bond acceptors (Lipinski definition) is 6. The molecule has 0 radical (unpaired) electrons. The topological polar surface area (TPSA) is 136 Å². The molecular formula is C22H26N4O6. The molecule has 1 atom stereocenters. The van der Waals surface area contributed by atoms with Crippen LogP contribution in [0, 0.1) is 26.1 Å². The van der Waals surface area contributed by atoms with Gasteiger partial charge in [0, 0.05) is 24.4 Å². The molecule has 0 bridgehead atoms. The largest absolute Gasteiger partial charge is 0.340 e. The fraction of sp³-hybridized carbons (Fsp3) is 0.364. The van der Waals surface area contributed by atoms with Crippen LogP contribution in [0.5, 0.6) is 0 Å². The number of rotatable bonds is 10. The highest BCUT2D eigenvalue weighted by molar-refractivity contribution is 6.02. The fourth-order valence-corrected chi connectivity index (χ4v) is 3.26. The molecule has 0 aliphatic heterocycles. The van der Waals surface area contributed by atoms with Gasteiger partial charge >= 0.3 is 0 Å². The van der Waals surface area contributed by atoms with Gasteiger partial charge in [-0.05, 0) is 30.9 Å². The van der Waals surface area contributed by atoms with Gasteiger partial charge in [0.25, 0.3) is 17.3 Å². The van der Waals surface area contributed by atoms with Crippen LogP contribution in [0.25, 0.3) is 0 Å². The first-order chi connectivity index (χ1) is 15.1. The Hall–Kier alpha value is -3.82. The van der Waals surface area contributed by atoms with E-state index < -0.39 is 33.2 Å². The summed E-state index contributed by atoms with van der Waals surface area (Å²) in [6, 6.07) is 10.8. The Labute approximate surface area is 185 Å². The molecule has 32 heavy (non-hydrogen) atoms. The number of non-ortho nitro benzene ring substituents is 2. The molecule has 0 saturated heterocycles. The first kappa shape index (κ1) is 24.4. The Morgan fingerprint density at radius 2 is 1.56 bits per heavy atom. The van der Waals surface area contributed by atoms with E-state index in [1.807, 2.05) is 39.0 Å². The van der Waals surface area contributed by atoms with Crippen molar-refractivity contribution in [3.8, 4) is 0 Å². The lowest BCUT2D eigenvalue weighted by Gasteiger charge is -2.28. The number of carbonyl (C=O) groups is 2. The Balaban J connectivity index is 2.38. The number of nitro groups is 2. The van der Waals surface area contributed by atoms with Crippen LogP contribution in [0.4, 0.5) is 17.1 Å². The van der Waals surface area contributed by atoms with E-state index in [4.69, 9.17) is 0 Å². The molecule has 0 saturated carbocycles. The molecule has 2 aromatic rings. The van der Waals surface area contributed by atoms with Crippen LogP contribution in [-0.2, 0) is 4.79 Å². The smallest absolute Gasteiger partial charge is 0.277 e. The van der Waals surface area contributed by atoms with E-state index in [9.17, 15) is 29.8 Å². The molecule has 0 fully saturated rings. The zero-order valence-electron chi connectivity index (χ0n) is 18.2. The number of nitrogens with one attached hydrogen (secondary N) is 1. The van der Waals surface area contributed by atoms with Crippen LogP contribution in [0.2, 0.25) is 0 Å². The standard InChI is InChI=1S/C22H26N4O6/c1-4-10-24(17-8-6-5-7-9-17)22(28)20(11-15(2)3)23-21(27)16-12-18(25(29)30)14-19(13-16)26(31)32/h5-9,12-15,20H,4,10-11H2,1-3H3,(H,23,27)/t20-/m0/s1. The molecule has 170 valence electrons. The van der Waals surface area contributed by atoms with Crippen LogP contribution in [0.3, 0.4) is 0 Å². The number of para-hydroxylation sites is 1. The highest BCUT2D eigenvalue weighted by Gasteiger charge is 2.29. The Morgan fingerprint density at radius 3 is 2.03 bits per heavy atom. The van der Waals surface area contributed by atoms with E-state index in [2.05, 4.69) is 5.32 Å². The minimum atomic E-state index is -0.910. The number of carbonyl (C=O) groups excluding carboxylic acids is 2. The molecule has 10 heteroatoms. The van der Waals surface area contributed by atoms with E-state index in [-0.39, 0.29) is 17.4 Å². The van der Waals surface area contributed by atoms with Gasteiger partial charge in [-0.1, -0.05) is 39.0 Å². The van der Waals surface area contributed by atoms with Crippen molar-refractivity contribution in [3.05, 3.63) is 74.3 Å². The molecule has 0 aliphatic rings. The summed E-state index contributed by atoms with van der Waals surface area (Å²) in [6.45, 7) is 6.17. The second-order valence-corrected chi connectivity index (χ2v) is 7.73. The molecule has 0 heterocycles. The highest BCUT2D eigenvalue weighted by atomic mass is 16.6. The van der Waals surface area contributed by atoms with Gasteiger partial charge in [-0.2, -0.15) is 0 Å². The Bertz CT molecular complexity index is 961. The predicted octanol–water partition coefficient (Wildman–Crippen LogP) is 4.09. The highest BCUT2D eigenvalue weighted by Crippen LogP contribution is 2.23. The zero-order valence-corrected chi connectivity index (χ0v) is 18.2. The summed E-state index contributed by atoms with van der Waals surface area (Å²) in [5.41, 5.74) is -0.719. The lowest BCUT2D eigenvalue weighted by molar-refractivity contribution is -0.394. The summed E-state index contributed by atoms with van der Waals surface area (Å²) in [5, 5.41) is 24.9. The van der Waals surface area contributed by atoms with Gasteiger partial charge in [-0.3, -0.25) is 29.8 Å². The summed E-state index contributed by atoms with van der Waals surface area (Å²) in [5.74, 6) is -1.05. The summed E-state index contributed by atoms with van der Waals surface area (Å²) >= 11 is 0. The third-order valence-electron chi connectivity index (χ3n) is 4.68. The number of nitro benzene ring substituents is 2. The van der Waals surface area contributed by atoms with Gasteiger partial charge < -0.3 is 10.2 Å². The van der Waals surface area contributed by atoms with Crippen LogP contribution >= 0.6 is 0 Å². The average Bonchev–Trinajstić information content (AvgIpc) is 2.76. The first-order valence-corrected chi connectivity index (χ1v) is 10.2. The Morgan fingerprint density at radius 1 is 1.00 bits per heavy atom. The minimum Gasteiger partial charge on any atom is -0.340 e. The third kappa shape index (κ3) is 6.34. The molecule has 0 aliphatic carbocycles. The lowest BCUT2D eigenvalue weighted by Crippen LogP contribution is -2.49. The van der Waals surface area contributed by atoms with Crippen molar-refractivity contribution < 1.29 is 19.4 Å². The van der Waals surface area contributed by atoms with E-state index in [0.29, 0.717) is 25.1 Å². The second kappa shape index (κ2) is 11.0. The van der Waals surface area contributed by atoms with Crippen LogP contribution < -0.4 is 10.2 Å². The molecular weight excluding hydrogens is 416 g/mol. The predicted molar refractivity (Wildman–Crippen MR) is 120 cm³/mol. The zero-order chi connectivity index (χ0) is 23.8. The van der Waals surface area contributed by atoms with Gasteiger partial charge in [0.2, 0.25) is 5.91 Å².